The molecule has 2 nitrogen and oxygen atoms in total. The van der Waals surface area contributed by atoms with Crippen molar-refractivity contribution in [2.24, 2.45) is 0 Å². The number of rotatable bonds is 0. The monoisotopic (exact) mass is 129 g/mol. The largest absolute Gasteiger partial charge is 2.00 e. The summed E-state index contributed by atoms with van der Waals surface area (Å²) in [6.45, 7) is 0. The van der Waals surface area contributed by atoms with Crippen LogP contribution in [-0.2, 0) is 16.8 Å². The van der Waals surface area contributed by atoms with Crippen molar-refractivity contribution in [1.82, 2.24) is 0 Å². The van der Waals surface area contributed by atoms with Crippen LogP contribution in [0.4, 0.5) is 9.05 Å². The topological polar surface area (TPSA) is 46.1 Å². The Kier molecular flexibility index (Phi) is 2100. The summed E-state index contributed by atoms with van der Waals surface area (Å²) in [6.07, 6.45) is 0. The van der Waals surface area contributed by atoms with E-state index in [0.29, 0.717) is 0 Å². The van der Waals surface area contributed by atoms with Gasteiger partial charge < -0.3 is 19.7 Å². The van der Waals surface area contributed by atoms with E-state index in [4.69, 9.17) is 19.7 Å². The second-order valence-electron chi connectivity index (χ2n) is 0. The average Bonchev–Trinajstić information content (AvgIpc) is 1.50. The number of hydrogen-bond donors (Lipinski definition) is 0. The van der Waals surface area contributed by atoms with Crippen LogP contribution in [0.1, 0.15) is 0 Å². The van der Waals surface area contributed by atoms with Gasteiger partial charge in [-0.1, -0.05) is 0 Å². The van der Waals surface area contributed by atoms with E-state index in [1.807, 2.05) is 0 Å². The third-order valence-corrected chi connectivity index (χ3v) is 0. The van der Waals surface area contributed by atoms with Crippen molar-refractivity contribution in [1.29, 1.82) is 0 Å². The van der Waals surface area contributed by atoms with E-state index >= 15 is 0 Å². The van der Waals surface area contributed by atoms with Gasteiger partial charge in [0.2, 0.25) is 0 Å². The van der Waals surface area contributed by atoms with E-state index < -0.39 is 0 Å². The van der Waals surface area contributed by atoms with Crippen molar-refractivity contribution >= 4 is 0 Å². The average molecular weight is 129 g/mol. The third kappa shape index (κ3) is 273. The molecule has 0 rings (SSSR count). The second-order valence-corrected chi connectivity index (χ2v) is 0. The van der Waals surface area contributed by atoms with Crippen LogP contribution >= 0.6 is 0 Å². The van der Waals surface area contributed by atoms with Crippen molar-refractivity contribution in [2.45, 2.75) is 0 Å². The summed E-state index contributed by atoms with van der Waals surface area (Å²) in [5, 5.41) is 13.5. The second kappa shape index (κ2) is 564. The first-order valence-corrected chi connectivity index (χ1v) is 0.309. The predicted molar refractivity (Wildman–Crippen MR) is 2.22 cm³/mol. The Morgan fingerprint density at radius 2 is 0.800 bits per heavy atom. The van der Waals surface area contributed by atoms with Crippen molar-refractivity contribution < 1.29 is 36.5 Å². The molecule has 0 aromatic rings. The van der Waals surface area contributed by atoms with Gasteiger partial charge in [0.1, 0.15) is 0 Å². The Hall–Kier alpha value is 0.286. The molecule has 1 radical (unpaired) electrons. The Bertz CT molecular complexity index is 7.61. The van der Waals surface area contributed by atoms with Crippen LogP contribution in [0.25, 0.3) is 0 Å². The van der Waals surface area contributed by atoms with Crippen molar-refractivity contribution in [2.75, 3.05) is 0 Å². The van der Waals surface area contributed by atoms with Crippen LogP contribution in [0.15, 0.2) is 0 Å². The molecule has 0 aliphatic carbocycles. The first-order chi connectivity index (χ1) is 2.00. The van der Waals surface area contributed by atoms with Crippen molar-refractivity contribution in [3.05, 3.63) is 0 Å². The molecular weight excluding hydrogens is 129 g/mol. The van der Waals surface area contributed by atoms with E-state index in [1.165, 1.54) is 0 Å². The predicted octanol–water partition coefficient (Wildman–Crippen LogP) is -1.54. The Morgan fingerprint density at radius 3 is 0.800 bits per heavy atom. The Labute approximate surface area is 37.4 Å². The van der Waals surface area contributed by atoms with Gasteiger partial charge in [-0.2, -0.15) is 0 Å². The van der Waals surface area contributed by atoms with E-state index in [2.05, 4.69) is 0 Å². The summed E-state index contributed by atoms with van der Waals surface area (Å²) in [5.74, 6) is 0. The first kappa shape index (κ1) is 18.6. The molecule has 5 heavy (non-hydrogen) atoms. The minimum Gasteiger partial charge on any atom is -0.682 e. The fourth-order valence-electron chi connectivity index (χ4n) is 0. The minimum atomic E-state index is 0. The van der Waals surface area contributed by atoms with E-state index in [-0.39, 0.29) is 16.8 Å². The maximum atomic E-state index is 8.25. The standard InChI is InChI=1S/Co.2FO/c;2*1-2/q+2;2*-1. The molecule has 0 fully saturated rings. The zero-order chi connectivity index (χ0) is 4.00. The summed E-state index contributed by atoms with van der Waals surface area (Å²) < 4.78 is 16.5. The maximum absolute atomic E-state index is 8.25. The molecule has 0 N–H and O–H groups in total. The van der Waals surface area contributed by atoms with E-state index in [9.17, 15) is 0 Å². The van der Waals surface area contributed by atoms with E-state index in [1.54, 1.807) is 0 Å². The van der Waals surface area contributed by atoms with Gasteiger partial charge in [0.25, 0.3) is 0 Å². The Morgan fingerprint density at radius 1 is 0.800 bits per heavy atom. The molecule has 0 amide bonds. The molecular formula is CoF2O2. The van der Waals surface area contributed by atoms with Gasteiger partial charge in [0.15, 0.2) is 0 Å². The quantitative estimate of drug-likeness (QED) is 0.397. The van der Waals surface area contributed by atoms with Gasteiger partial charge in [-0.15, -0.1) is 0 Å². The van der Waals surface area contributed by atoms with Crippen LogP contribution in [0.5, 0.6) is 0 Å². The summed E-state index contributed by atoms with van der Waals surface area (Å²) in [4.78, 5) is 0. The first-order valence-electron chi connectivity index (χ1n) is 0.309. The molecule has 0 atom stereocenters. The van der Waals surface area contributed by atoms with E-state index in [0.717, 1.165) is 0 Å². The SMILES string of the molecule is [Co+2].[O-]F.[O-]F. The molecule has 5 heteroatoms. The molecule has 0 aliphatic rings. The normalized spacial score (nSPS) is 2.40. The van der Waals surface area contributed by atoms with Gasteiger partial charge in [0.05, 0.1) is 0 Å². The molecule has 0 heterocycles. The molecule has 0 saturated heterocycles. The molecule has 0 aromatic heterocycles. The summed E-state index contributed by atoms with van der Waals surface area (Å²) in [5.41, 5.74) is 0. The summed E-state index contributed by atoms with van der Waals surface area (Å²) >= 11 is 0. The van der Waals surface area contributed by atoms with Gasteiger partial charge in [0, 0.05) is 0 Å². The smallest absolute Gasteiger partial charge is 0.682 e. The molecule has 0 saturated carbocycles. The molecule has 0 bridgehead atoms. The minimum absolute atomic E-state index is 0. The molecule has 0 spiro atoms. The van der Waals surface area contributed by atoms with Crippen molar-refractivity contribution in [3.8, 4) is 0 Å². The van der Waals surface area contributed by atoms with Crippen LogP contribution in [0.2, 0.25) is 0 Å². The van der Waals surface area contributed by atoms with Crippen molar-refractivity contribution in [3.63, 3.8) is 0 Å². The number of hydrogen-bond acceptors (Lipinski definition) is 2. The van der Waals surface area contributed by atoms with Gasteiger partial charge in [-0.3, -0.25) is 0 Å². The number of halogens is 2. The summed E-state index contributed by atoms with van der Waals surface area (Å²) in [7, 11) is 0. The summed E-state index contributed by atoms with van der Waals surface area (Å²) in [6, 6.07) is 0. The van der Waals surface area contributed by atoms with Gasteiger partial charge in [-0.05, 0) is 0 Å². The zero-order valence-electron chi connectivity index (χ0n) is 1.91. The fraction of sp³-hybridized carbons (Fsp3) is 0. The van der Waals surface area contributed by atoms with Crippen LogP contribution in [-0.4, -0.2) is 0 Å². The van der Waals surface area contributed by atoms with Crippen LogP contribution in [0, 0.1) is 0 Å². The molecule has 0 aromatic carbocycles. The maximum Gasteiger partial charge on any atom is 2.00 e. The molecule has 35 valence electrons. The zero-order valence-corrected chi connectivity index (χ0v) is 2.95. The van der Waals surface area contributed by atoms with Gasteiger partial charge in [-0.25, -0.2) is 0 Å². The molecule has 0 aliphatic heterocycles. The van der Waals surface area contributed by atoms with Crippen LogP contribution in [0.3, 0.4) is 0 Å². The van der Waals surface area contributed by atoms with Gasteiger partial charge >= 0.3 is 16.8 Å². The fourth-order valence-corrected chi connectivity index (χ4v) is 0. The molecule has 0 unspecified atom stereocenters. The third-order valence-electron chi connectivity index (χ3n) is 0. The Balaban J connectivity index is -0.0000000133. The van der Waals surface area contributed by atoms with Crippen LogP contribution < -0.4 is 10.6 Å².